The molecule has 0 unspecified atom stereocenters. The van der Waals surface area contributed by atoms with Gasteiger partial charge in [0.25, 0.3) is 0 Å². The van der Waals surface area contributed by atoms with Gasteiger partial charge in [-0.25, -0.2) is 17.2 Å². The number of nitrogens with one attached hydrogen (secondary N) is 1. The Morgan fingerprint density at radius 1 is 1.11 bits per heavy atom. The molecule has 2 rings (SSSR count). The Morgan fingerprint density at radius 3 is 2.26 bits per heavy atom. The predicted octanol–water partition coefficient (Wildman–Crippen LogP) is 3.39. The molecule has 1 amide bonds. The third-order valence-corrected chi connectivity index (χ3v) is 5.41. The number of benzene rings is 2. The average Bonchev–Trinajstić information content (AvgIpc) is 2.62. The highest BCUT2D eigenvalue weighted by Crippen LogP contribution is 2.24. The summed E-state index contributed by atoms with van der Waals surface area (Å²) in [5.41, 5.74) is 0.770. The van der Waals surface area contributed by atoms with Gasteiger partial charge in [-0.1, -0.05) is 37.3 Å². The van der Waals surface area contributed by atoms with Crippen LogP contribution in [0.25, 0.3) is 0 Å². The van der Waals surface area contributed by atoms with Gasteiger partial charge in [0.05, 0.1) is 18.0 Å². The zero-order valence-corrected chi connectivity index (χ0v) is 16.1. The number of hydrogen-bond acceptors (Lipinski definition) is 3. The van der Waals surface area contributed by atoms with Crippen molar-refractivity contribution in [2.45, 2.75) is 32.4 Å². The lowest BCUT2D eigenvalue weighted by Crippen LogP contribution is -2.48. The van der Waals surface area contributed by atoms with E-state index in [4.69, 9.17) is 0 Å². The van der Waals surface area contributed by atoms with Crippen LogP contribution < -0.4 is 9.62 Å². The van der Waals surface area contributed by atoms with Gasteiger partial charge in [0.1, 0.15) is 6.04 Å². The van der Waals surface area contributed by atoms with Crippen molar-refractivity contribution in [2.75, 3.05) is 10.6 Å². The van der Waals surface area contributed by atoms with E-state index >= 15 is 0 Å². The van der Waals surface area contributed by atoms with Crippen molar-refractivity contribution in [2.24, 2.45) is 0 Å². The van der Waals surface area contributed by atoms with Crippen LogP contribution in [0.2, 0.25) is 0 Å². The summed E-state index contributed by atoms with van der Waals surface area (Å²) >= 11 is 0. The van der Waals surface area contributed by atoms with Gasteiger partial charge in [0.15, 0.2) is 11.6 Å². The highest BCUT2D eigenvalue weighted by Gasteiger charge is 2.30. The second-order valence-electron chi connectivity index (χ2n) is 6.21. The molecule has 0 fully saturated rings. The maximum Gasteiger partial charge on any atom is 0.244 e. The molecule has 2 atom stereocenters. The lowest BCUT2D eigenvalue weighted by molar-refractivity contribution is -0.122. The Kier molecular flexibility index (Phi) is 6.54. The van der Waals surface area contributed by atoms with E-state index in [0.717, 1.165) is 34.3 Å². The Bertz CT molecular complexity index is 904. The standard InChI is InChI=1S/C19H22F2N2O3S/c1-4-18(14-8-6-5-7-9-14)22-19(24)13(2)23(27(3,25)26)15-10-11-16(20)17(21)12-15/h5-13,18H,4H2,1-3H3,(H,22,24)/t13-,18-/m0/s1. The molecule has 8 heteroatoms. The largest absolute Gasteiger partial charge is 0.347 e. The minimum Gasteiger partial charge on any atom is -0.347 e. The average molecular weight is 396 g/mol. The predicted molar refractivity (Wildman–Crippen MR) is 101 cm³/mol. The number of nitrogens with zero attached hydrogens (tertiary/aromatic N) is 1. The summed E-state index contributed by atoms with van der Waals surface area (Å²) in [5, 5.41) is 2.82. The van der Waals surface area contributed by atoms with E-state index in [2.05, 4.69) is 5.32 Å². The van der Waals surface area contributed by atoms with Crippen LogP contribution in [0.15, 0.2) is 48.5 Å². The van der Waals surface area contributed by atoms with Gasteiger partial charge >= 0.3 is 0 Å². The molecule has 0 aliphatic heterocycles. The van der Waals surface area contributed by atoms with Gasteiger partial charge in [-0.3, -0.25) is 9.10 Å². The van der Waals surface area contributed by atoms with Crippen LogP contribution in [0, 0.1) is 11.6 Å². The molecular weight excluding hydrogens is 374 g/mol. The van der Waals surface area contributed by atoms with Gasteiger partial charge in [-0.2, -0.15) is 0 Å². The molecular formula is C19H22F2N2O3S. The normalized spacial score (nSPS) is 13.7. The first-order valence-electron chi connectivity index (χ1n) is 8.45. The van der Waals surface area contributed by atoms with Gasteiger partial charge in [0.2, 0.25) is 15.9 Å². The quantitative estimate of drug-likeness (QED) is 0.780. The van der Waals surface area contributed by atoms with Gasteiger partial charge in [-0.05, 0) is 31.0 Å². The van der Waals surface area contributed by atoms with Crippen LogP contribution in [0.5, 0.6) is 0 Å². The van der Waals surface area contributed by atoms with Crippen molar-refractivity contribution >= 4 is 21.6 Å². The Hall–Kier alpha value is -2.48. The van der Waals surface area contributed by atoms with Crippen LogP contribution in [-0.2, 0) is 14.8 Å². The fourth-order valence-electron chi connectivity index (χ4n) is 2.83. The molecule has 0 aliphatic carbocycles. The van der Waals surface area contributed by atoms with Crippen molar-refractivity contribution in [3.05, 3.63) is 65.7 Å². The van der Waals surface area contributed by atoms with Gasteiger partial charge < -0.3 is 5.32 Å². The van der Waals surface area contributed by atoms with Crippen molar-refractivity contribution in [1.29, 1.82) is 0 Å². The maximum atomic E-state index is 13.6. The molecule has 146 valence electrons. The van der Waals surface area contributed by atoms with Crippen LogP contribution >= 0.6 is 0 Å². The smallest absolute Gasteiger partial charge is 0.244 e. The lowest BCUT2D eigenvalue weighted by Gasteiger charge is -2.29. The number of hydrogen-bond donors (Lipinski definition) is 1. The van der Waals surface area contributed by atoms with E-state index in [1.54, 1.807) is 0 Å². The minimum atomic E-state index is -3.92. The Balaban J connectivity index is 2.30. The zero-order valence-electron chi connectivity index (χ0n) is 15.3. The molecule has 27 heavy (non-hydrogen) atoms. The SMILES string of the molecule is CC[C@H](NC(=O)[C@H](C)N(c1ccc(F)c(F)c1)S(C)(=O)=O)c1ccccc1. The zero-order chi connectivity index (χ0) is 20.2. The number of carbonyl (C=O) groups is 1. The van der Waals surface area contributed by atoms with E-state index in [9.17, 15) is 22.0 Å². The lowest BCUT2D eigenvalue weighted by atomic mass is 10.0. The fraction of sp³-hybridized carbons (Fsp3) is 0.316. The van der Waals surface area contributed by atoms with Gasteiger partial charge in [-0.15, -0.1) is 0 Å². The Labute approximate surface area is 158 Å². The molecule has 0 saturated carbocycles. The third-order valence-electron chi connectivity index (χ3n) is 4.17. The van der Waals surface area contributed by atoms with Crippen LogP contribution in [0.3, 0.4) is 0 Å². The summed E-state index contributed by atoms with van der Waals surface area (Å²) in [6, 6.07) is 10.5. The van der Waals surface area contributed by atoms with Crippen molar-refractivity contribution < 1.29 is 22.0 Å². The summed E-state index contributed by atoms with van der Waals surface area (Å²) in [6.07, 6.45) is 1.51. The van der Waals surface area contributed by atoms with E-state index in [1.165, 1.54) is 6.92 Å². The third kappa shape index (κ3) is 5.03. The van der Waals surface area contributed by atoms with Crippen molar-refractivity contribution in [3.63, 3.8) is 0 Å². The number of anilines is 1. The van der Waals surface area contributed by atoms with Crippen molar-refractivity contribution in [3.8, 4) is 0 Å². The summed E-state index contributed by atoms with van der Waals surface area (Å²) in [5.74, 6) is -2.83. The van der Waals surface area contributed by atoms with Gasteiger partial charge in [0, 0.05) is 6.07 Å². The van der Waals surface area contributed by atoms with Crippen LogP contribution in [-0.4, -0.2) is 26.6 Å². The van der Waals surface area contributed by atoms with E-state index in [-0.39, 0.29) is 11.7 Å². The monoisotopic (exact) mass is 396 g/mol. The topological polar surface area (TPSA) is 66.5 Å². The highest BCUT2D eigenvalue weighted by molar-refractivity contribution is 7.92. The first-order chi connectivity index (χ1) is 12.6. The van der Waals surface area contributed by atoms with Crippen molar-refractivity contribution in [1.82, 2.24) is 5.32 Å². The van der Waals surface area contributed by atoms with Crippen LogP contribution in [0.1, 0.15) is 31.9 Å². The number of sulfonamides is 1. The second kappa shape index (κ2) is 8.47. The fourth-order valence-corrected chi connectivity index (χ4v) is 4.00. The van der Waals surface area contributed by atoms with E-state index < -0.39 is 33.6 Å². The molecule has 2 aromatic rings. The molecule has 0 spiro atoms. The van der Waals surface area contributed by atoms with E-state index in [0.29, 0.717) is 6.42 Å². The molecule has 0 bridgehead atoms. The molecule has 0 aliphatic rings. The second-order valence-corrected chi connectivity index (χ2v) is 8.07. The molecule has 0 heterocycles. The number of amides is 1. The molecule has 0 saturated heterocycles. The first-order valence-corrected chi connectivity index (χ1v) is 10.3. The minimum absolute atomic E-state index is 0.119. The summed E-state index contributed by atoms with van der Waals surface area (Å²) in [6.45, 7) is 3.29. The first kappa shape index (κ1) is 20.8. The van der Waals surface area contributed by atoms with Crippen LogP contribution in [0.4, 0.5) is 14.5 Å². The number of carbonyl (C=O) groups excluding carboxylic acids is 1. The highest BCUT2D eigenvalue weighted by atomic mass is 32.2. The number of halogens is 2. The summed E-state index contributed by atoms with van der Waals surface area (Å²) in [7, 11) is -3.92. The molecule has 1 N–H and O–H groups in total. The maximum absolute atomic E-state index is 13.6. The molecule has 0 radical (unpaired) electrons. The van der Waals surface area contributed by atoms with E-state index in [1.807, 2.05) is 37.3 Å². The summed E-state index contributed by atoms with van der Waals surface area (Å²) < 4.78 is 52.0. The molecule has 0 aromatic heterocycles. The molecule has 2 aromatic carbocycles. The molecule has 5 nitrogen and oxygen atoms in total. The summed E-state index contributed by atoms with van der Waals surface area (Å²) in [4.78, 5) is 12.7. The number of rotatable bonds is 7. The Morgan fingerprint density at radius 2 is 1.74 bits per heavy atom.